The molecule has 0 atom stereocenters. The third kappa shape index (κ3) is 4.29. The third-order valence-corrected chi connectivity index (χ3v) is 5.88. The van der Waals surface area contributed by atoms with Crippen LogP contribution in [0.25, 0.3) is 5.57 Å². The molecule has 3 amide bonds. The Morgan fingerprint density at radius 1 is 0.839 bits per heavy atom. The summed E-state index contributed by atoms with van der Waals surface area (Å²) in [6.07, 6.45) is 0. The number of carbonyl (C=O) groups is 3. The lowest BCUT2D eigenvalue weighted by molar-refractivity contribution is -0.120. The van der Waals surface area contributed by atoms with Crippen LogP contribution in [0.15, 0.2) is 88.7 Å². The predicted molar refractivity (Wildman–Crippen MR) is 124 cm³/mol. The highest BCUT2D eigenvalue weighted by Gasteiger charge is 2.40. The largest absolute Gasteiger partial charge is 0.326 e. The molecule has 3 aromatic carbocycles. The number of amides is 3. The Labute approximate surface area is 184 Å². The van der Waals surface area contributed by atoms with Crippen molar-refractivity contribution in [2.75, 3.05) is 10.2 Å². The van der Waals surface area contributed by atoms with Gasteiger partial charge >= 0.3 is 0 Å². The molecular weight excluding hydrogens is 408 g/mol. The van der Waals surface area contributed by atoms with Crippen molar-refractivity contribution >= 4 is 46.4 Å². The first-order valence-electron chi connectivity index (χ1n) is 9.74. The van der Waals surface area contributed by atoms with Crippen molar-refractivity contribution in [3.05, 3.63) is 94.9 Å². The lowest BCUT2D eigenvalue weighted by Gasteiger charge is -2.16. The molecule has 3 aromatic rings. The zero-order valence-corrected chi connectivity index (χ0v) is 17.9. The standard InChI is InChI=1S/C25H20N2O3S/c1-16-8-10-18(11-9-16)22-23(31-21-6-4-3-5-7-21)25(30)27(24(22)29)20-14-12-19(13-15-20)26-17(2)28/h3-15H,1-2H3,(H,26,28). The fourth-order valence-corrected chi connectivity index (χ4v) is 4.33. The van der Waals surface area contributed by atoms with Crippen LogP contribution in [0, 0.1) is 6.92 Å². The molecule has 0 radical (unpaired) electrons. The third-order valence-electron chi connectivity index (χ3n) is 4.79. The SMILES string of the molecule is CC(=O)Nc1ccc(N2C(=O)C(Sc3ccccc3)=C(c3ccc(C)cc3)C2=O)cc1. The van der Waals surface area contributed by atoms with E-state index < -0.39 is 0 Å². The molecule has 0 saturated carbocycles. The molecule has 1 aliphatic rings. The summed E-state index contributed by atoms with van der Waals surface area (Å²) in [6.45, 7) is 3.40. The Bertz CT molecular complexity index is 1180. The highest BCUT2D eigenvalue weighted by molar-refractivity contribution is 8.04. The molecule has 0 aromatic heterocycles. The number of carbonyl (C=O) groups excluding carboxylic acids is 3. The van der Waals surface area contributed by atoms with Gasteiger partial charge in [-0.25, -0.2) is 4.90 Å². The smallest absolute Gasteiger partial charge is 0.272 e. The molecule has 0 bridgehead atoms. The molecular formula is C25H20N2O3S. The van der Waals surface area contributed by atoms with Crippen molar-refractivity contribution in [3.63, 3.8) is 0 Å². The maximum Gasteiger partial charge on any atom is 0.272 e. The summed E-state index contributed by atoms with van der Waals surface area (Å²) in [5, 5.41) is 2.68. The first-order valence-corrected chi connectivity index (χ1v) is 10.6. The number of aryl methyl sites for hydroxylation is 1. The van der Waals surface area contributed by atoms with Gasteiger partial charge in [0, 0.05) is 17.5 Å². The Morgan fingerprint density at radius 3 is 2.10 bits per heavy atom. The molecule has 0 aliphatic carbocycles. The Hall–Kier alpha value is -3.64. The molecule has 5 nitrogen and oxygen atoms in total. The van der Waals surface area contributed by atoms with Crippen LogP contribution in [0.3, 0.4) is 0 Å². The van der Waals surface area contributed by atoms with E-state index in [0.717, 1.165) is 10.5 Å². The molecule has 0 spiro atoms. The van der Waals surface area contributed by atoms with Gasteiger partial charge in [-0.15, -0.1) is 0 Å². The maximum atomic E-state index is 13.4. The van der Waals surface area contributed by atoms with Crippen LogP contribution >= 0.6 is 11.8 Å². The Balaban J connectivity index is 1.74. The summed E-state index contributed by atoms with van der Waals surface area (Å²) in [5.74, 6) is -0.910. The van der Waals surface area contributed by atoms with Crippen LogP contribution in [0.4, 0.5) is 11.4 Å². The lowest BCUT2D eigenvalue weighted by Crippen LogP contribution is -2.31. The number of nitrogens with zero attached hydrogens (tertiary/aromatic N) is 1. The van der Waals surface area contributed by atoms with E-state index in [-0.39, 0.29) is 17.7 Å². The van der Waals surface area contributed by atoms with E-state index in [0.29, 0.717) is 27.4 Å². The molecule has 154 valence electrons. The van der Waals surface area contributed by atoms with Crippen molar-refractivity contribution < 1.29 is 14.4 Å². The molecule has 6 heteroatoms. The quantitative estimate of drug-likeness (QED) is 0.579. The van der Waals surface area contributed by atoms with Crippen molar-refractivity contribution in [2.24, 2.45) is 0 Å². The van der Waals surface area contributed by atoms with Gasteiger partial charge in [-0.3, -0.25) is 14.4 Å². The zero-order valence-electron chi connectivity index (χ0n) is 17.1. The summed E-state index contributed by atoms with van der Waals surface area (Å²) in [6, 6.07) is 23.8. The Kier molecular flexibility index (Phi) is 5.73. The van der Waals surface area contributed by atoms with Crippen molar-refractivity contribution in [3.8, 4) is 0 Å². The van der Waals surface area contributed by atoms with Crippen molar-refractivity contribution in [1.29, 1.82) is 0 Å². The minimum atomic E-state index is -0.362. The van der Waals surface area contributed by atoms with E-state index in [1.807, 2.05) is 61.5 Å². The first-order chi connectivity index (χ1) is 14.9. The molecule has 0 fully saturated rings. The molecule has 31 heavy (non-hydrogen) atoms. The van der Waals surface area contributed by atoms with Crippen LogP contribution in [-0.4, -0.2) is 17.7 Å². The molecule has 1 N–H and O–H groups in total. The Morgan fingerprint density at radius 2 is 1.48 bits per heavy atom. The number of hydrogen-bond donors (Lipinski definition) is 1. The highest BCUT2D eigenvalue weighted by atomic mass is 32.2. The van der Waals surface area contributed by atoms with Crippen LogP contribution in [0.5, 0.6) is 0 Å². The van der Waals surface area contributed by atoms with Crippen molar-refractivity contribution in [1.82, 2.24) is 0 Å². The van der Waals surface area contributed by atoms with Gasteiger partial charge in [-0.05, 0) is 48.9 Å². The predicted octanol–water partition coefficient (Wildman–Crippen LogP) is 5.03. The number of benzene rings is 3. The molecule has 1 heterocycles. The van der Waals surface area contributed by atoms with Gasteiger partial charge in [0.05, 0.1) is 16.2 Å². The second kappa shape index (κ2) is 8.62. The van der Waals surface area contributed by atoms with Crippen molar-refractivity contribution in [2.45, 2.75) is 18.7 Å². The fourth-order valence-electron chi connectivity index (χ4n) is 3.32. The number of nitrogens with one attached hydrogen (secondary N) is 1. The first kappa shape index (κ1) is 20.6. The maximum absolute atomic E-state index is 13.4. The van der Waals surface area contributed by atoms with E-state index in [1.54, 1.807) is 24.3 Å². The summed E-state index contributed by atoms with van der Waals surface area (Å²) >= 11 is 1.29. The summed E-state index contributed by atoms with van der Waals surface area (Å²) in [5.41, 5.74) is 3.23. The van der Waals surface area contributed by atoms with Gasteiger partial charge in [0.1, 0.15) is 0 Å². The molecule has 0 unspecified atom stereocenters. The minimum Gasteiger partial charge on any atom is -0.326 e. The summed E-state index contributed by atoms with van der Waals surface area (Å²) in [4.78, 5) is 40.5. The number of hydrogen-bond acceptors (Lipinski definition) is 4. The van der Waals surface area contributed by atoms with Gasteiger partial charge < -0.3 is 5.32 Å². The second-order valence-corrected chi connectivity index (χ2v) is 8.24. The van der Waals surface area contributed by atoms with Gasteiger partial charge in [0.15, 0.2) is 0 Å². The normalized spacial score (nSPS) is 13.7. The second-order valence-electron chi connectivity index (χ2n) is 7.16. The molecule has 1 aliphatic heterocycles. The summed E-state index contributed by atoms with van der Waals surface area (Å²) in [7, 11) is 0. The van der Waals surface area contributed by atoms with E-state index >= 15 is 0 Å². The van der Waals surface area contributed by atoms with Gasteiger partial charge in [-0.2, -0.15) is 0 Å². The van der Waals surface area contributed by atoms with Gasteiger partial charge in [-0.1, -0.05) is 59.8 Å². The lowest BCUT2D eigenvalue weighted by atomic mass is 10.0. The number of thioether (sulfide) groups is 1. The number of anilines is 2. The monoisotopic (exact) mass is 428 g/mol. The van der Waals surface area contributed by atoms with Crippen LogP contribution in [0.2, 0.25) is 0 Å². The van der Waals surface area contributed by atoms with E-state index in [1.165, 1.54) is 23.6 Å². The van der Waals surface area contributed by atoms with Crippen LogP contribution < -0.4 is 10.2 Å². The topological polar surface area (TPSA) is 66.5 Å². The minimum absolute atomic E-state index is 0.189. The average molecular weight is 429 g/mol. The molecule has 4 rings (SSSR count). The molecule has 0 saturated heterocycles. The van der Waals surface area contributed by atoms with Gasteiger partial charge in [0.25, 0.3) is 11.8 Å². The fraction of sp³-hybridized carbons (Fsp3) is 0.0800. The summed E-state index contributed by atoms with van der Waals surface area (Å²) < 4.78 is 0. The number of imide groups is 1. The zero-order chi connectivity index (χ0) is 22.0. The highest BCUT2D eigenvalue weighted by Crippen LogP contribution is 2.41. The van der Waals surface area contributed by atoms with E-state index in [9.17, 15) is 14.4 Å². The number of rotatable bonds is 5. The van der Waals surface area contributed by atoms with E-state index in [4.69, 9.17) is 0 Å². The average Bonchev–Trinajstić information content (AvgIpc) is 2.99. The van der Waals surface area contributed by atoms with Crippen LogP contribution in [-0.2, 0) is 14.4 Å². The van der Waals surface area contributed by atoms with Gasteiger partial charge in [0.2, 0.25) is 5.91 Å². The van der Waals surface area contributed by atoms with Crippen LogP contribution in [0.1, 0.15) is 18.1 Å². The van der Waals surface area contributed by atoms with E-state index in [2.05, 4.69) is 5.32 Å².